The van der Waals surface area contributed by atoms with E-state index in [1.54, 1.807) is 11.8 Å². The fourth-order valence-corrected chi connectivity index (χ4v) is 10.7. The van der Waals surface area contributed by atoms with Gasteiger partial charge in [-0.2, -0.15) is 24.3 Å². The zero-order valence-corrected chi connectivity index (χ0v) is 43.1. The second kappa shape index (κ2) is 15.7. The van der Waals surface area contributed by atoms with Crippen LogP contribution in [0.3, 0.4) is 0 Å². The number of nitrogens with zero attached hydrogens (tertiary/aromatic N) is 4. The molecular weight excluding hydrogens is 992 g/mol. The Balaban J connectivity index is 0.00000533. The molecule has 1 saturated heterocycles. The fourth-order valence-electron chi connectivity index (χ4n) is 9.87. The van der Waals surface area contributed by atoms with Crippen molar-refractivity contribution in [3.63, 3.8) is 0 Å². The molecule has 0 amide bonds. The van der Waals surface area contributed by atoms with Gasteiger partial charge in [-0.1, -0.05) is 148 Å². The van der Waals surface area contributed by atoms with Crippen molar-refractivity contribution in [2.24, 2.45) is 0 Å². The summed E-state index contributed by atoms with van der Waals surface area (Å²) in [4.78, 5) is 7.04. The molecule has 0 spiro atoms. The minimum atomic E-state index is -0.00500. The quantitative estimate of drug-likeness (QED) is 0.122. The van der Waals surface area contributed by atoms with Crippen LogP contribution in [0, 0.1) is 18.8 Å². The Morgan fingerprint density at radius 3 is 1.89 bits per heavy atom. The van der Waals surface area contributed by atoms with Gasteiger partial charge in [-0.05, 0) is 79.1 Å². The third kappa shape index (κ3) is 7.65. The molecule has 6 aromatic carbocycles. The summed E-state index contributed by atoms with van der Waals surface area (Å²) in [5, 5.41) is 2.37. The first kappa shape index (κ1) is 45.4. The molecule has 2 bridgehead atoms. The van der Waals surface area contributed by atoms with E-state index in [1.807, 2.05) is 6.20 Å². The van der Waals surface area contributed by atoms with Crippen molar-refractivity contribution in [3.8, 4) is 16.9 Å². The number of benzene rings is 6. The molecule has 0 radical (unpaired) electrons. The second-order valence-corrected chi connectivity index (χ2v) is 23.4. The van der Waals surface area contributed by atoms with Gasteiger partial charge in [-0.25, -0.2) is 4.98 Å². The molecule has 334 valence electrons. The van der Waals surface area contributed by atoms with E-state index in [4.69, 9.17) is 4.98 Å². The number of quaternary nitrogens is 2. The van der Waals surface area contributed by atoms with Gasteiger partial charge in [0.1, 0.15) is 11.5 Å². The standard InChI is InChI=1S/C59H61N4S.Pt/c1-56(2,3)40-19-15-18-39(30-40)48-23-17-25-53-55(48)63(45-32-42(58(7,8)9)31-43(33-45)59(10,11)12)37-62(53,38-63)44-20-16-21-46(35-44)64-47-26-27-50-49-22-13-14-24-51(49)61(52(50)36-47)54-34-41(28-29-60-54)57(4,5)6;/h13-34,37H,38H2,1-12H3;/q-1;/t62-,63+;/m1./s1. The molecule has 4 nitrogen and oxygen atoms in total. The molecule has 6 heteroatoms. The van der Waals surface area contributed by atoms with Crippen LogP contribution in [0.25, 0.3) is 38.8 Å². The van der Waals surface area contributed by atoms with E-state index in [1.165, 1.54) is 61.2 Å². The van der Waals surface area contributed by atoms with Gasteiger partial charge in [0, 0.05) is 62.2 Å². The van der Waals surface area contributed by atoms with E-state index in [9.17, 15) is 0 Å². The normalized spacial score (nSPS) is 18.4. The first-order valence-electron chi connectivity index (χ1n) is 22.8. The molecule has 65 heavy (non-hydrogen) atoms. The van der Waals surface area contributed by atoms with Crippen LogP contribution in [0.5, 0.6) is 0 Å². The van der Waals surface area contributed by atoms with Crippen LogP contribution in [0.2, 0.25) is 0 Å². The van der Waals surface area contributed by atoms with Crippen LogP contribution < -0.4 is 8.97 Å². The molecule has 5 heterocycles. The van der Waals surface area contributed by atoms with Crippen LogP contribution in [0.15, 0.2) is 143 Å². The van der Waals surface area contributed by atoms with E-state index in [0.29, 0.717) is 8.97 Å². The van der Waals surface area contributed by atoms with Crippen LogP contribution in [0.1, 0.15) is 105 Å². The van der Waals surface area contributed by atoms with Gasteiger partial charge in [0.15, 0.2) is 18.0 Å². The minimum absolute atomic E-state index is 0. The molecule has 0 aliphatic carbocycles. The van der Waals surface area contributed by atoms with Gasteiger partial charge in [-0.3, -0.25) is 4.48 Å². The van der Waals surface area contributed by atoms with Crippen molar-refractivity contribution in [2.75, 3.05) is 6.67 Å². The summed E-state index contributed by atoms with van der Waals surface area (Å²) in [7, 11) is 0. The predicted molar refractivity (Wildman–Crippen MR) is 272 cm³/mol. The predicted octanol–water partition coefficient (Wildman–Crippen LogP) is 16.2. The van der Waals surface area contributed by atoms with Gasteiger partial charge in [0.2, 0.25) is 0 Å². The van der Waals surface area contributed by atoms with E-state index >= 15 is 0 Å². The molecule has 2 atom stereocenters. The van der Waals surface area contributed by atoms with Crippen LogP contribution in [-0.4, -0.2) is 16.2 Å². The summed E-state index contributed by atoms with van der Waals surface area (Å²) < 4.78 is 3.60. The average molecular weight is 1050 g/mol. The van der Waals surface area contributed by atoms with Crippen molar-refractivity contribution in [3.05, 3.63) is 175 Å². The SMILES string of the molecule is CC(C)(C)c1cccc(-c2cccc3c2[N@@+]2(c4cc(C(C)(C)C)cc(C(C)(C)C)c4)[CH-][N@+]3(c3[c-]c(Sc4[c-]c5c(cc4)c4ccccc4n5-c4cc(C(C)(C)C)ccn4)ccc3)C2)c1.[Pt]. The van der Waals surface area contributed by atoms with E-state index in [0.717, 1.165) is 39.0 Å². The largest absolute Gasteiger partial charge is 0.319 e. The van der Waals surface area contributed by atoms with Crippen molar-refractivity contribution in [2.45, 2.75) is 115 Å². The van der Waals surface area contributed by atoms with E-state index < -0.39 is 0 Å². The molecule has 1 fully saturated rings. The Labute approximate surface area is 406 Å². The number of pyridine rings is 1. The summed E-state index contributed by atoms with van der Waals surface area (Å²) in [5.41, 5.74) is 15.3. The van der Waals surface area contributed by atoms with Gasteiger partial charge in [0.25, 0.3) is 0 Å². The van der Waals surface area contributed by atoms with E-state index in [2.05, 4.69) is 234 Å². The molecule has 0 N–H and O–H groups in total. The third-order valence-corrected chi connectivity index (χ3v) is 14.6. The first-order chi connectivity index (χ1) is 30.2. The number of rotatable bonds is 6. The monoisotopic (exact) mass is 1050 g/mol. The van der Waals surface area contributed by atoms with Crippen molar-refractivity contribution < 1.29 is 21.1 Å². The van der Waals surface area contributed by atoms with Crippen LogP contribution in [0.4, 0.5) is 22.7 Å². The Bertz CT molecular complexity index is 3110. The maximum Gasteiger partial charge on any atom is 0.187 e. The molecule has 3 aliphatic heterocycles. The van der Waals surface area contributed by atoms with Crippen molar-refractivity contribution in [1.29, 1.82) is 0 Å². The number of fused-ring (bicyclic) bond motifs is 3. The Kier molecular flexibility index (Phi) is 10.9. The topological polar surface area (TPSA) is 17.8 Å². The number of hydrogen-bond donors (Lipinski definition) is 0. The molecule has 0 saturated carbocycles. The minimum Gasteiger partial charge on any atom is -0.319 e. The van der Waals surface area contributed by atoms with E-state index in [-0.39, 0.29) is 42.7 Å². The maximum absolute atomic E-state index is 4.92. The van der Waals surface area contributed by atoms with Gasteiger partial charge >= 0.3 is 0 Å². The van der Waals surface area contributed by atoms with Gasteiger partial charge in [0.05, 0.1) is 6.67 Å². The first-order valence-corrected chi connectivity index (χ1v) is 23.6. The molecule has 3 aliphatic rings. The Hall–Kier alpha value is -4.77. The van der Waals surface area contributed by atoms with Crippen molar-refractivity contribution in [1.82, 2.24) is 18.5 Å². The zero-order chi connectivity index (χ0) is 45.2. The summed E-state index contributed by atoms with van der Waals surface area (Å²) in [6, 6.07) is 55.7. The molecule has 2 aromatic heterocycles. The molecule has 0 unspecified atom stereocenters. The van der Waals surface area contributed by atoms with Gasteiger partial charge < -0.3 is 9.05 Å². The van der Waals surface area contributed by atoms with Crippen LogP contribution in [-0.2, 0) is 42.7 Å². The molecular formula is C59H61N4PtS-. The number of para-hydroxylation sites is 2. The van der Waals surface area contributed by atoms with Crippen LogP contribution >= 0.6 is 11.8 Å². The average Bonchev–Trinajstić information content (AvgIpc) is 3.84. The Morgan fingerprint density at radius 2 is 1.20 bits per heavy atom. The third-order valence-electron chi connectivity index (χ3n) is 13.6. The summed E-state index contributed by atoms with van der Waals surface area (Å²) in [6.07, 6.45) is 1.94. The Morgan fingerprint density at radius 1 is 0.569 bits per heavy atom. The maximum atomic E-state index is 4.92. The zero-order valence-electron chi connectivity index (χ0n) is 40.0. The smallest absolute Gasteiger partial charge is 0.187 e. The molecule has 8 aromatic rings. The molecule has 11 rings (SSSR count). The second-order valence-electron chi connectivity index (χ2n) is 22.4. The fraction of sp³-hybridized carbons (Fsp3) is 0.288. The van der Waals surface area contributed by atoms with Crippen molar-refractivity contribution >= 4 is 56.3 Å². The van der Waals surface area contributed by atoms with Gasteiger partial charge in [-0.15, -0.1) is 40.2 Å². The number of aromatic nitrogens is 2. The number of hydrogen-bond acceptors (Lipinski definition) is 2. The summed E-state index contributed by atoms with van der Waals surface area (Å²) in [5.74, 6) is 0.913. The summed E-state index contributed by atoms with van der Waals surface area (Å²) in [6.45, 7) is 31.2. The summed E-state index contributed by atoms with van der Waals surface area (Å²) >= 11 is 1.73.